The highest BCUT2D eigenvalue weighted by atomic mass is 16.6. The van der Waals surface area contributed by atoms with Gasteiger partial charge in [0.25, 0.3) is 0 Å². The van der Waals surface area contributed by atoms with Crippen LogP contribution in [0.5, 0.6) is 0 Å². The van der Waals surface area contributed by atoms with Gasteiger partial charge in [0.05, 0.1) is 11.7 Å². The lowest BCUT2D eigenvalue weighted by Crippen LogP contribution is -2.50. The van der Waals surface area contributed by atoms with E-state index < -0.39 is 5.60 Å². The molecule has 6 nitrogen and oxygen atoms in total. The predicted octanol–water partition coefficient (Wildman–Crippen LogP) is 1.30. The lowest BCUT2D eigenvalue weighted by Gasteiger charge is -2.34. The minimum atomic E-state index is -0.454. The molecule has 1 aliphatic rings. The molecule has 6 heteroatoms. The molecule has 1 unspecified atom stereocenters. The van der Waals surface area contributed by atoms with Gasteiger partial charge in [-0.25, -0.2) is 4.79 Å². The Balaban J connectivity index is 2.01. The molecule has 1 aliphatic heterocycles. The van der Waals surface area contributed by atoms with Crippen LogP contribution in [0.4, 0.5) is 4.79 Å². The van der Waals surface area contributed by atoms with Gasteiger partial charge in [-0.3, -0.25) is 4.68 Å². The van der Waals surface area contributed by atoms with E-state index in [1.807, 2.05) is 38.6 Å². The highest BCUT2D eigenvalue weighted by Gasteiger charge is 2.28. The van der Waals surface area contributed by atoms with Crippen molar-refractivity contribution in [1.82, 2.24) is 20.0 Å². The Hall–Kier alpha value is -1.56. The van der Waals surface area contributed by atoms with Crippen molar-refractivity contribution in [2.24, 2.45) is 7.05 Å². The zero-order valence-corrected chi connectivity index (χ0v) is 12.0. The molecule has 2 rings (SSSR count). The minimum Gasteiger partial charge on any atom is -0.444 e. The van der Waals surface area contributed by atoms with Crippen LogP contribution in [0.3, 0.4) is 0 Å². The third kappa shape index (κ3) is 3.47. The Morgan fingerprint density at radius 1 is 1.53 bits per heavy atom. The fourth-order valence-corrected chi connectivity index (χ4v) is 2.17. The SMILES string of the molecule is Cn1nccc1C1CN(C(=O)OC(C)(C)C)CCN1. The Labute approximate surface area is 113 Å². The van der Waals surface area contributed by atoms with E-state index in [0.717, 1.165) is 12.2 Å². The van der Waals surface area contributed by atoms with Gasteiger partial charge in [-0.1, -0.05) is 0 Å². The van der Waals surface area contributed by atoms with Gasteiger partial charge in [-0.2, -0.15) is 5.10 Å². The van der Waals surface area contributed by atoms with Gasteiger partial charge < -0.3 is 15.0 Å². The fourth-order valence-electron chi connectivity index (χ4n) is 2.17. The number of aryl methyl sites for hydroxylation is 1. The van der Waals surface area contributed by atoms with Crippen LogP contribution in [0.15, 0.2) is 12.3 Å². The minimum absolute atomic E-state index is 0.105. The number of amides is 1. The normalized spacial score (nSPS) is 20.4. The Kier molecular flexibility index (Phi) is 3.80. The first kappa shape index (κ1) is 13.9. The summed E-state index contributed by atoms with van der Waals surface area (Å²) in [5.41, 5.74) is 0.623. The van der Waals surface area contributed by atoms with Gasteiger partial charge in [-0.15, -0.1) is 0 Å². The maximum absolute atomic E-state index is 12.1. The molecule has 106 valence electrons. The highest BCUT2D eigenvalue weighted by Crippen LogP contribution is 2.18. The van der Waals surface area contributed by atoms with Crippen LogP contribution < -0.4 is 5.32 Å². The third-order valence-corrected chi connectivity index (χ3v) is 3.04. The van der Waals surface area contributed by atoms with Crippen molar-refractivity contribution in [2.45, 2.75) is 32.4 Å². The van der Waals surface area contributed by atoms with Crippen LogP contribution in [0, 0.1) is 0 Å². The van der Waals surface area contributed by atoms with Gasteiger partial charge in [0, 0.05) is 32.9 Å². The first-order valence-electron chi connectivity index (χ1n) is 6.56. The van der Waals surface area contributed by atoms with E-state index in [1.165, 1.54) is 0 Å². The van der Waals surface area contributed by atoms with Crippen LogP contribution in [0.1, 0.15) is 32.5 Å². The van der Waals surface area contributed by atoms with Crippen LogP contribution >= 0.6 is 0 Å². The maximum Gasteiger partial charge on any atom is 0.410 e. The molecule has 19 heavy (non-hydrogen) atoms. The van der Waals surface area contributed by atoms with Crippen molar-refractivity contribution in [3.05, 3.63) is 18.0 Å². The smallest absolute Gasteiger partial charge is 0.410 e. The molecule has 1 aromatic rings. The van der Waals surface area contributed by atoms with Crippen molar-refractivity contribution < 1.29 is 9.53 Å². The number of piperazine rings is 1. The summed E-state index contributed by atoms with van der Waals surface area (Å²) in [5, 5.41) is 7.56. The third-order valence-electron chi connectivity index (χ3n) is 3.04. The molecule has 0 spiro atoms. The van der Waals surface area contributed by atoms with E-state index in [-0.39, 0.29) is 12.1 Å². The molecular formula is C13H22N4O2. The second-order valence-electron chi connectivity index (χ2n) is 5.81. The van der Waals surface area contributed by atoms with Gasteiger partial charge in [-0.05, 0) is 26.8 Å². The average Bonchev–Trinajstić information content (AvgIpc) is 2.73. The number of rotatable bonds is 1. The van der Waals surface area contributed by atoms with Crippen LogP contribution in [0.25, 0.3) is 0 Å². The lowest BCUT2D eigenvalue weighted by atomic mass is 10.1. The molecule has 1 N–H and O–H groups in total. The fraction of sp³-hybridized carbons (Fsp3) is 0.692. The zero-order chi connectivity index (χ0) is 14.0. The van der Waals surface area contributed by atoms with E-state index >= 15 is 0 Å². The number of nitrogens with one attached hydrogen (secondary N) is 1. The summed E-state index contributed by atoms with van der Waals surface area (Å²) in [6.45, 7) is 7.68. The Bertz CT molecular complexity index is 450. The van der Waals surface area contributed by atoms with Crippen LogP contribution in [0.2, 0.25) is 0 Å². The molecule has 1 fully saturated rings. The van der Waals surface area contributed by atoms with E-state index in [1.54, 1.807) is 11.1 Å². The van der Waals surface area contributed by atoms with Gasteiger partial charge >= 0.3 is 6.09 Å². The molecule has 0 saturated carbocycles. The topological polar surface area (TPSA) is 59.4 Å². The quantitative estimate of drug-likeness (QED) is 0.832. The number of ether oxygens (including phenoxy) is 1. The Morgan fingerprint density at radius 3 is 2.84 bits per heavy atom. The number of carbonyl (C=O) groups excluding carboxylic acids is 1. The van der Waals surface area contributed by atoms with E-state index in [4.69, 9.17) is 4.74 Å². The molecule has 0 aromatic carbocycles. The monoisotopic (exact) mass is 266 g/mol. The van der Waals surface area contributed by atoms with Crippen molar-refractivity contribution >= 4 is 6.09 Å². The van der Waals surface area contributed by atoms with E-state index in [9.17, 15) is 4.79 Å². The highest BCUT2D eigenvalue weighted by molar-refractivity contribution is 5.68. The van der Waals surface area contributed by atoms with Crippen LogP contribution in [-0.4, -0.2) is 46.0 Å². The predicted molar refractivity (Wildman–Crippen MR) is 71.8 cm³/mol. The molecule has 2 heterocycles. The molecule has 1 amide bonds. The largest absolute Gasteiger partial charge is 0.444 e. The van der Waals surface area contributed by atoms with E-state index in [2.05, 4.69) is 10.4 Å². The molecule has 0 aliphatic carbocycles. The number of aromatic nitrogens is 2. The number of carbonyl (C=O) groups is 1. The molecule has 1 saturated heterocycles. The summed E-state index contributed by atoms with van der Waals surface area (Å²) in [6.07, 6.45) is 1.52. The molecular weight excluding hydrogens is 244 g/mol. The van der Waals surface area contributed by atoms with Gasteiger partial charge in [0.15, 0.2) is 0 Å². The number of nitrogens with zero attached hydrogens (tertiary/aromatic N) is 3. The molecule has 1 aromatic heterocycles. The summed E-state index contributed by atoms with van der Waals surface area (Å²) in [7, 11) is 1.91. The summed E-state index contributed by atoms with van der Waals surface area (Å²) in [6, 6.07) is 2.07. The second-order valence-corrected chi connectivity index (χ2v) is 5.81. The van der Waals surface area contributed by atoms with Gasteiger partial charge in [0.1, 0.15) is 5.60 Å². The lowest BCUT2D eigenvalue weighted by molar-refractivity contribution is 0.0192. The molecule has 0 radical (unpaired) electrons. The van der Waals surface area contributed by atoms with Crippen molar-refractivity contribution in [1.29, 1.82) is 0 Å². The maximum atomic E-state index is 12.1. The first-order chi connectivity index (χ1) is 8.87. The summed E-state index contributed by atoms with van der Waals surface area (Å²) < 4.78 is 7.24. The molecule has 1 atom stereocenters. The second kappa shape index (κ2) is 5.21. The summed E-state index contributed by atoms with van der Waals surface area (Å²) >= 11 is 0. The van der Waals surface area contributed by atoms with Crippen molar-refractivity contribution in [3.8, 4) is 0 Å². The number of hydrogen-bond acceptors (Lipinski definition) is 4. The van der Waals surface area contributed by atoms with Crippen molar-refractivity contribution in [2.75, 3.05) is 19.6 Å². The number of hydrogen-bond donors (Lipinski definition) is 1. The summed E-state index contributed by atoms with van der Waals surface area (Å²) in [4.78, 5) is 13.8. The van der Waals surface area contributed by atoms with Crippen LogP contribution in [-0.2, 0) is 11.8 Å². The van der Waals surface area contributed by atoms with E-state index in [0.29, 0.717) is 13.1 Å². The van der Waals surface area contributed by atoms with Gasteiger partial charge in [0.2, 0.25) is 0 Å². The molecule has 0 bridgehead atoms. The summed E-state index contributed by atoms with van der Waals surface area (Å²) in [5.74, 6) is 0. The zero-order valence-electron chi connectivity index (χ0n) is 12.0. The van der Waals surface area contributed by atoms with Crippen molar-refractivity contribution in [3.63, 3.8) is 0 Å². The first-order valence-corrected chi connectivity index (χ1v) is 6.56. The average molecular weight is 266 g/mol. The Morgan fingerprint density at radius 2 is 2.26 bits per heavy atom. The standard InChI is InChI=1S/C13H22N4O2/c1-13(2,3)19-12(18)17-8-7-14-10(9-17)11-5-6-15-16(11)4/h5-6,10,14H,7-9H2,1-4H3.